The number of carbonyl (C=O) groups is 1. The van der Waals surface area contributed by atoms with Gasteiger partial charge in [0.15, 0.2) is 0 Å². The number of anilines is 2. The molecule has 0 heterocycles. The van der Waals surface area contributed by atoms with Gasteiger partial charge in [-0.2, -0.15) is 0 Å². The molecule has 1 aromatic rings. The second kappa shape index (κ2) is 6.86. The first-order chi connectivity index (χ1) is 9.51. The molecule has 0 spiro atoms. The fourth-order valence-corrected chi connectivity index (χ4v) is 2.62. The van der Waals surface area contributed by atoms with Crippen LogP contribution in [0.2, 0.25) is 10.0 Å². The smallest absolute Gasteiger partial charge is 0.241 e. The van der Waals surface area contributed by atoms with Crippen molar-refractivity contribution in [2.45, 2.75) is 33.7 Å². The van der Waals surface area contributed by atoms with E-state index in [9.17, 15) is 4.79 Å². The average molecular weight is 332 g/mol. The molecule has 3 N–H and O–H groups in total. The Balaban J connectivity index is 2.82. The third-order valence-corrected chi connectivity index (χ3v) is 3.67. The summed E-state index contributed by atoms with van der Waals surface area (Å²) < 4.78 is 0. The molecule has 0 fully saturated rings. The number of hydrogen-bond acceptors (Lipinski definition) is 3. The van der Waals surface area contributed by atoms with Crippen molar-refractivity contribution in [3.05, 3.63) is 22.2 Å². The lowest BCUT2D eigenvalue weighted by atomic mass is 9.95. The first kappa shape index (κ1) is 18.1. The Morgan fingerprint density at radius 3 is 2.24 bits per heavy atom. The summed E-state index contributed by atoms with van der Waals surface area (Å²) in [6, 6.07) is 2.83. The van der Waals surface area contributed by atoms with E-state index < -0.39 is 0 Å². The van der Waals surface area contributed by atoms with Crippen molar-refractivity contribution in [1.29, 1.82) is 0 Å². The zero-order valence-electron chi connectivity index (χ0n) is 13.1. The van der Waals surface area contributed by atoms with Gasteiger partial charge in [0, 0.05) is 12.2 Å². The molecule has 0 aliphatic carbocycles. The molecule has 21 heavy (non-hydrogen) atoms. The van der Waals surface area contributed by atoms with Gasteiger partial charge < -0.3 is 11.1 Å². The van der Waals surface area contributed by atoms with Gasteiger partial charge in [-0.25, -0.2) is 0 Å². The minimum atomic E-state index is -0.297. The molecular weight excluding hydrogens is 309 g/mol. The quantitative estimate of drug-likeness (QED) is 0.823. The number of likely N-dealkylation sites (N-methyl/N-ethyl adjacent to an activating group) is 1. The van der Waals surface area contributed by atoms with E-state index in [2.05, 4.69) is 26.1 Å². The molecule has 1 aromatic carbocycles. The number of benzene rings is 1. The number of nitrogens with zero attached hydrogens (tertiary/aromatic N) is 1. The van der Waals surface area contributed by atoms with Crippen LogP contribution < -0.4 is 11.1 Å². The van der Waals surface area contributed by atoms with E-state index in [-0.39, 0.29) is 17.4 Å². The third-order valence-electron chi connectivity index (χ3n) is 3.08. The van der Waals surface area contributed by atoms with Crippen LogP contribution in [0.1, 0.15) is 27.7 Å². The van der Waals surface area contributed by atoms with Crippen LogP contribution in [0.5, 0.6) is 0 Å². The summed E-state index contributed by atoms with van der Waals surface area (Å²) in [4.78, 5) is 14.3. The summed E-state index contributed by atoms with van der Waals surface area (Å²) in [5.41, 5.74) is 6.61. The lowest BCUT2D eigenvalue weighted by Gasteiger charge is -2.30. The number of nitrogens with two attached hydrogens (primary N) is 1. The summed E-state index contributed by atoms with van der Waals surface area (Å²) in [7, 11) is 1.92. The molecule has 1 rings (SSSR count). The highest BCUT2D eigenvalue weighted by Gasteiger charge is 2.23. The Bertz CT molecular complexity index is 503. The highest BCUT2D eigenvalue weighted by atomic mass is 35.5. The van der Waals surface area contributed by atoms with Crippen LogP contribution in [0.4, 0.5) is 11.4 Å². The van der Waals surface area contributed by atoms with Crippen molar-refractivity contribution in [3.63, 3.8) is 0 Å². The summed E-state index contributed by atoms with van der Waals surface area (Å²) >= 11 is 12.2. The molecule has 0 saturated carbocycles. The zero-order chi connectivity index (χ0) is 16.4. The molecule has 4 nitrogen and oxygen atoms in total. The van der Waals surface area contributed by atoms with Gasteiger partial charge in [-0.3, -0.25) is 9.69 Å². The van der Waals surface area contributed by atoms with Crippen LogP contribution in [0.3, 0.4) is 0 Å². The van der Waals surface area contributed by atoms with Crippen molar-refractivity contribution in [2.75, 3.05) is 24.6 Å². The molecular formula is C15H23Cl2N3O. The molecule has 0 aromatic heterocycles. The average Bonchev–Trinajstić information content (AvgIpc) is 2.30. The van der Waals surface area contributed by atoms with Crippen molar-refractivity contribution >= 4 is 40.5 Å². The number of amides is 1. The fourth-order valence-electron chi connectivity index (χ4n) is 2.03. The van der Waals surface area contributed by atoms with E-state index in [0.29, 0.717) is 21.4 Å². The van der Waals surface area contributed by atoms with Gasteiger partial charge in [-0.15, -0.1) is 0 Å². The van der Waals surface area contributed by atoms with Crippen LogP contribution >= 0.6 is 23.2 Å². The van der Waals surface area contributed by atoms with Crippen LogP contribution in [-0.4, -0.2) is 30.4 Å². The van der Waals surface area contributed by atoms with Crippen LogP contribution in [0.15, 0.2) is 12.1 Å². The highest BCUT2D eigenvalue weighted by Crippen LogP contribution is 2.33. The molecule has 6 heteroatoms. The van der Waals surface area contributed by atoms with Crippen molar-refractivity contribution in [2.24, 2.45) is 5.41 Å². The number of nitrogens with one attached hydrogen (secondary N) is 1. The van der Waals surface area contributed by atoms with E-state index in [1.807, 2.05) is 18.9 Å². The zero-order valence-corrected chi connectivity index (χ0v) is 14.6. The van der Waals surface area contributed by atoms with Gasteiger partial charge in [-0.05, 0) is 31.5 Å². The van der Waals surface area contributed by atoms with Crippen LogP contribution in [-0.2, 0) is 4.79 Å². The SMILES string of the molecule is CC(C(=O)Nc1c(Cl)cc(N)cc1Cl)N(C)CC(C)(C)C. The first-order valence-corrected chi connectivity index (χ1v) is 7.52. The highest BCUT2D eigenvalue weighted by molar-refractivity contribution is 6.40. The van der Waals surface area contributed by atoms with Crippen LogP contribution in [0.25, 0.3) is 0 Å². The lowest BCUT2D eigenvalue weighted by molar-refractivity contribution is -0.120. The van der Waals surface area contributed by atoms with Crippen LogP contribution in [0, 0.1) is 5.41 Å². The molecule has 0 bridgehead atoms. The normalized spacial score (nSPS) is 13.3. The standard InChI is InChI=1S/C15H23Cl2N3O/c1-9(20(5)8-15(2,3)4)14(21)19-13-11(16)6-10(18)7-12(13)17/h6-7,9H,8,18H2,1-5H3,(H,19,21). The Hall–Kier alpha value is -0.970. The van der Waals surface area contributed by atoms with Gasteiger partial charge in [-0.1, -0.05) is 44.0 Å². The van der Waals surface area contributed by atoms with E-state index >= 15 is 0 Å². The Kier molecular flexibility index (Phi) is 5.91. The van der Waals surface area contributed by atoms with Crippen molar-refractivity contribution in [3.8, 4) is 0 Å². The Morgan fingerprint density at radius 1 is 1.33 bits per heavy atom. The Morgan fingerprint density at radius 2 is 1.81 bits per heavy atom. The third kappa shape index (κ3) is 5.38. The molecule has 118 valence electrons. The van der Waals surface area contributed by atoms with E-state index in [4.69, 9.17) is 28.9 Å². The lowest BCUT2D eigenvalue weighted by Crippen LogP contribution is -2.43. The first-order valence-electron chi connectivity index (χ1n) is 6.77. The molecule has 1 unspecified atom stereocenters. The predicted molar refractivity (Wildman–Crippen MR) is 91.1 cm³/mol. The minimum Gasteiger partial charge on any atom is -0.399 e. The topological polar surface area (TPSA) is 58.4 Å². The maximum atomic E-state index is 12.3. The van der Waals surface area contributed by atoms with Crippen molar-refractivity contribution < 1.29 is 4.79 Å². The second-order valence-corrected chi connectivity index (χ2v) is 7.31. The monoisotopic (exact) mass is 331 g/mol. The van der Waals surface area contributed by atoms with E-state index in [1.165, 1.54) is 0 Å². The summed E-state index contributed by atoms with van der Waals surface area (Å²) in [6.45, 7) is 9.02. The minimum absolute atomic E-state index is 0.111. The molecule has 0 aliphatic rings. The molecule has 0 aliphatic heterocycles. The van der Waals surface area contributed by atoms with E-state index in [1.54, 1.807) is 12.1 Å². The number of hydrogen-bond donors (Lipinski definition) is 2. The maximum absolute atomic E-state index is 12.3. The largest absolute Gasteiger partial charge is 0.399 e. The predicted octanol–water partition coefficient (Wildman–Crippen LogP) is 3.88. The summed E-state index contributed by atoms with van der Waals surface area (Å²) in [5.74, 6) is -0.157. The summed E-state index contributed by atoms with van der Waals surface area (Å²) in [6.07, 6.45) is 0. The van der Waals surface area contributed by atoms with Gasteiger partial charge in [0.1, 0.15) is 0 Å². The Labute approximate surface area is 136 Å². The van der Waals surface area contributed by atoms with Gasteiger partial charge in [0.2, 0.25) is 5.91 Å². The second-order valence-electron chi connectivity index (χ2n) is 6.50. The maximum Gasteiger partial charge on any atom is 0.241 e. The van der Waals surface area contributed by atoms with Gasteiger partial charge >= 0.3 is 0 Å². The number of halogens is 2. The van der Waals surface area contributed by atoms with Crippen molar-refractivity contribution in [1.82, 2.24) is 4.90 Å². The fraction of sp³-hybridized carbons (Fsp3) is 0.533. The molecule has 0 saturated heterocycles. The van der Waals surface area contributed by atoms with E-state index in [0.717, 1.165) is 6.54 Å². The summed E-state index contributed by atoms with van der Waals surface area (Å²) in [5, 5.41) is 3.44. The number of nitrogen functional groups attached to an aromatic ring is 1. The molecule has 1 amide bonds. The molecule has 1 atom stereocenters. The number of rotatable bonds is 4. The van der Waals surface area contributed by atoms with Gasteiger partial charge in [0.05, 0.1) is 21.8 Å². The molecule has 0 radical (unpaired) electrons. The number of carbonyl (C=O) groups excluding carboxylic acids is 1. The van der Waals surface area contributed by atoms with Gasteiger partial charge in [0.25, 0.3) is 0 Å².